The number of nitrogens with zero attached hydrogens (tertiary/aromatic N) is 1. The minimum absolute atomic E-state index is 0.0350. The highest BCUT2D eigenvalue weighted by molar-refractivity contribution is 6.30. The summed E-state index contributed by atoms with van der Waals surface area (Å²) >= 11 is 5.74. The standard InChI is InChI=1S/C13H17ClN2O4/c1-16(9-13(18)19)8-12(17)15-6-7-20-11-4-2-10(14)3-5-11/h2-5H,6-9H2,1H3,(H,15,17)(H,18,19). The number of amides is 1. The van der Waals surface area contributed by atoms with Crippen molar-refractivity contribution in [2.45, 2.75) is 0 Å². The van der Waals surface area contributed by atoms with Crippen LogP contribution < -0.4 is 10.1 Å². The molecule has 0 aliphatic rings. The third-order valence-electron chi connectivity index (χ3n) is 2.33. The maximum absolute atomic E-state index is 11.5. The van der Waals surface area contributed by atoms with Crippen LogP contribution in [0.1, 0.15) is 0 Å². The molecule has 2 N–H and O–H groups in total. The second-order valence-corrected chi connectivity index (χ2v) is 4.65. The van der Waals surface area contributed by atoms with Crippen LogP contribution in [0.5, 0.6) is 5.75 Å². The molecule has 0 saturated heterocycles. The van der Waals surface area contributed by atoms with Gasteiger partial charge in [-0.3, -0.25) is 14.5 Å². The number of carbonyl (C=O) groups is 2. The average Bonchev–Trinajstić information content (AvgIpc) is 2.35. The van der Waals surface area contributed by atoms with E-state index in [0.717, 1.165) is 0 Å². The summed E-state index contributed by atoms with van der Waals surface area (Å²) in [6, 6.07) is 6.92. The van der Waals surface area contributed by atoms with Crippen molar-refractivity contribution in [1.82, 2.24) is 10.2 Å². The molecule has 0 radical (unpaired) electrons. The Labute approximate surface area is 122 Å². The van der Waals surface area contributed by atoms with Gasteiger partial charge in [-0.25, -0.2) is 0 Å². The van der Waals surface area contributed by atoms with Crippen LogP contribution in [-0.4, -0.2) is 55.2 Å². The van der Waals surface area contributed by atoms with E-state index < -0.39 is 5.97 Å². The Morgan fingerprint density at radius 3 is 2.55 bits per heavy atom. The molecule has 0 aliphatic carbocycles. The number of carboxylic acids is 1. The Kier molecular flexibility index (Phi) is 6.83. The van der Waals surface area contributed by atoms with Crippen LogP contribution in [0.4, 0.5) is 0 Å². The lowest BCUT2D eigenvalue weighted by atomic mass is 10.3. The van der Waals surface area contributed by atoms with Crippen molar-refractivity contribution >= 4 is 23.5 Å². The van der Waals surface area contributed by atoms with E-state index in [9.17, 15) is 9.59 Å². The Balaban J connectivity index is 2.15. The van der Waals surface area contributed by atoms with E-state index in [4.69, 9.17) is 21.4 Å². The van der Waals surface area contributed by atoms with Gasteiger partial charge in [-0.2, -0.15) is 0 Å². The molecular weight excluding hydrogens is 284 g/mol. The fourth-order valence-electron chi connectivity index (χ4n) is 1.48. The Hall–Kier alpha value is -1.79. The smallest absolute Gasteiger partial charge is 0.317 e. The van der Waals surface area contributed by atoms with Gasteiger partial charge in [0.05, 0.1) is 19.6 Å². The SMILES string of the molecule is CN(CC(=O)O)CC(=O)NCCOc1ccc(Cl)cc1. The van der Waals surface area contributed by atoms with Crippen molar-refractivity contribution in [3.8, 4) is 5.75 Å². The van der Waals surface area contributed by atoms with Gasteiger partial charge in [0, 0.05) is 5.02 Å². The summed E-state index contributed by atoms with van der Waals surface area (Å²) < 4.78 is 5.40. The zero-order valence-corrected chi connectivity index (χ0v) is 11.9. The molecule has 0 spiro atoms. The summed E-state index contributed by atoms with van der Waals surface area (Å²) in [4.78, 5) is 23.3. The zero-order chi connectivity index (χ0) is 15.0. The monoisotopic (exact) mass is 300 g/mol. The first kappa shape index (κ1) is 16.3. The van der Waals surface area contributed by atoms with Gasteiger partial charge in [-0.15, -0.1) is 0 Å². The molecule has 0 aliphatic heterocycles. The highest BCUT2D eigenvalue weighted by atomic mass is 35.5. The van der Waals surface area contributed by atoms with Gasteiger partial charge in [-0.05, 0) is 31.3 Å². The molecule has 6 nitrogen and oxygen atoms in total. The predicted octanol–water partition coefficient (Wildman–Crippen LogP) is 0.851. The molecule has 1 rings (SSSR count). The van der Waals surface area contributed by atoms with Crippen LogP contribution in [0, 0.1) is 0 Å². The van der Waals surface area contributed by atoms with Crippen LogP contribution >= 0.6 is 11.6 Å². The average molecular weight is 301 g/mol. The molecule has 110 valence electrons. The Bertz CT molecular complexity index is 450. The lowest BCUT2D eigenvalue weighted by Crippen LogP contribution is -2.38. The maximum atomic E-state index is 11.5. The molecule has 0 bridgehead atoms. The molecule has 0 saturated carbocycles. The summed E-state index contributed by atoms with van der Waals surface area (Å²) in [5.74, 6) is -0.536. The number of hydrogen-bond donors (Lipinski definition) is 2. The van der Waals surface area contributed by atoms with Crippen LogP contribution in [-0.2, 0) is 9.59 Å². The largest absolute Gasteiger partial charge is 0.492 e. The van der Waals surface area contributed by atoms with Crippen molar-refractivity contribution in [2.24, 2.45) is 0 Å². The van der Waals surface area contributed by atoms with E-state index in [1.807, 2.05) is 0 Å². The third kappa shape index (κ3) is 6.96. The van der Waals surface area contributed by atoms with Crippen molar-refractivity contribution < 1.29 is 19.4 Å². The minimum Gasteiger partial charge on any atom is -0.492 e. The van der Waals surface area contributed by atoms with Crippen LogP contribution in [0.3, 0.4) is 0 Å². The number of hydrogen-bond acceptors (Lipinski definition) is 4. The molecule has 0 aromatic heterocycles. The van der Waals surface area contributed by atoms with Gasteiger partial charge in [-0.1, -0.05) is 11.6 Å². The second kappa shape index (κ2) is 8.39. The topological polar surface area (TPSA) is 78.9 Å². The van der Waals surface area contributed by atoms with E-state index >= 15 is 0 Å². The van der Waals surface area contributed by atoms with E-state index in [0.29, 0.717) is 23.9 Å². The maximum Gasteiger partial charge on any atom is 0.317 e. The van der Waals surface area contributed by atoms with Crippen molar-refractivity contribution in [3.63, 3.8) is 0 Å². The fourth-order valence-corrected chi connectivity index (χ4v) is 1.60. The van der Waals surface area contributed by atoms with Crippen LogP contribution in [0.2, 0.25) is 5.02 Å². The third-order valence-corrected chi connectivity index (χ3v) is 2.58. The quantitative estimate of drug-likeness (QED) is 0.696. The van der Waals surface area contributed by atoms with Crippen LogP contribution in [0.25, 0.3) is 0 Å². The number of benzene rings is 1. The number of nitrogens with one attached hydrogen (secondary N) is 1. The second-order valence-electron chi connectivity index (χ2n) is 4.22. The molecule has 1 aromatic rings. The summed E-state index contributed by atoms with van der Waals surface area (Å²) in [5.41, 5.74) is 0. The Morgan fingerprint density at radius 1 is 1.30 bits per heavy atom. The van der Waals surface area contributed by atoms with Crippen molar-refractivity contribution in [2.75, 3.05) is 33.3 Å². The van der Waals surface area contributed by atoms with E-state index in [-0.39, 0.29) is 19.0 Å². The molecule has 0 heterocycles. The number of ether oxygens (including phenoxy) is 1. The Morgan fingerprint density at radius 2 is 1.95 bits per heavy atom. The molecule has 7 heteroatoms. The molecule has 0 fully saturated rings. The normalized spacial score (nSPS) is 10.3. The summed E-state index contributed by atoms with van der Waals surface area (Å²) in [6.45, 7) is 0.542. The molecule has 0 atom stereocenters. The first-order valence-electron chi connectivity index (χ1n) is 6.03. The molecule has 1 amide bonds. The molecule has 1 aromatic carbocycles. The van der Waals surface area contributed by atoms with E-state index in [1.165, 1.54) is 4.90 Å². The number of carboxylic acid groups (broad SMARTS) is 1. The summed E-state index contributed by atoms with van der Waals surface area (Å²) in [5, 5.41) is 11.8. The number of likely N-dealkylation sites (N-methyl/N-ethyl adjacent to an activating group) is 1. The zero-order valence-electron chi connectivity index (χ0n) is 11.1. The highest BCUT2D eigenvalue weighted by Crippen LogP contribution is 2.14. The number of halogens is 1. The lowest BCUT2D eigenvalue weighted by molar-refractivity contribution is -0.138. The van der Waals surface area contributed by atoms with Crippen LogP contribution in [0.15, 0.2) is 24.3 Å². The van der Waals surface area contributed by atoms with E-state index in [1.54, 1.807) is 31.3 Å². The van der Waals surface area contributed by atoms with Gasteiger partial charge >= 0.3 is 5.97 Å². The van der Waals surface area contributed by atoms with Gasteiger partial charge < -0.3 is 15.2 Å². The van der Waals surface area contributed by atoms with Crippen molar-refractivity contribution in [1.29, 1.82) is 0 Å². The summed E-state index contributed by atoms with van der Waals surface area (Å²) in [6.07, 6.45) is 0. The fraction of sp³-hybridized carbons (Fsp3) is 0.385. The predicted molar refractivity (Wildman–Crippen MR) is 75.1 cm³/mol. The summed E-state index contributed by atoms with van der Waals surface area (Å²) in [7, 11) is 1.57. The highest BCUT2D eigenvalue weighted by Gasteiger charge is 2.08. The molecular formula is C13H17ClN2O4. The van der Waals surface area contributed by atoms with Gasteiger partial charge in [0.25, 0.3) is 0 Å². The number of rotatable bonds is 8. The minimum atomic E-state index is -0.966. The van der Waals surface area contributed by atoms with Gasteiger partial charge in [0.15, 0.2) is 0 Å². The first-order chi connectivity index (χ1) is 9.47. The number of aliphatic carboxylic acids is 1. The van der Waals surface area contributed by atoms with Gasteiger partial charge in [0.1, 0.15) is 12.4 Å². The van der Waals surface area contributed by atoms with Gasteiger partial charge in [0.2, 0.25) is 5.91 Å². The van der Waals surface area contributed by atoms with E-state index in [2.05, 4.69) is 5.32 Å². The lowest BCUT2D eigenvalue weighted by Gasteiger charge is -2.13. The molecule has 0 unspecified atom stereocenters. The first-order valence-corrected chi connectivity index (χ1v) is 6.40. The number of carbonyl (C=O) groups excluding carboxylic acids is 1. The molecule has 20 heavy (non-hydrogen) atoms. The van der Waals surface area contributed by atoms with Crippen molar-refractivity contribution in [3.05, 3.63) is 29.3 Å².